The van der Waals surface area contributed by atoms with Crippen LogP contribution in [0.25, 0.3) is 11.4 Å². The maximum absolute atomic E-state index is 12.6. The second kappa shape index (κ2) is 8.41. The summed E-state index contributed by atoms with van der Waals surface area (Å²) >= 11 is 0. The molecular formula is C18H19F3N4O3. The highest BCUT2D eigenvalue weighted by molar-refractivity contribution is 5.90. The molecule has 3 rings (SSSR count). The highest BCUT2D eigenvalue weighted by Crippen LogP contribution is 2.25. The van der Waals surface area contributed by atoms with Crippen LogP contribution in [0.4, 0.5) is 13.2 Å². The van der Waals surface area contributed by atoms with Crippen molar-refractivity contribution in [1.29, 1.82) is 0 Å². The van der Waals surface area contributed by atoms with E-state index in [-0.39, 0.29) is 19.5 Å². The predicted octanol–water partition coefficient (Wildman–Crippen LogP) is 2.34. The number of likely N-dealkylation sites (tertiary alicyclic amines) is 1. The summed E-state index contributed by atoms with van der Waals surface area (Å²) in [7, 11) is 0. The molecule has 1 atom stereocenters. The number of hydrogen-bond acceptors (Lipinski definition) is 5. The van der Waals surface area contributed by atoms with E-state index in [0.717, 1.165) is 5.56 Å². The van der Waals surface area contributed by atoms with Crippen LogP contribution in [0, 0.1) is 0 Å². The number of amides is 2. The van der Waals surface area contributed by atoms with Crippen LogP contribution >= 0.6 is 0 Å². The lowest BCUT2D eigenvalue weighted by atomic mass is 10.2. The topological polar surface area (TPSA) is 88.3 Å². The van der Waals surface area contributed by atoms with Gasteiger partial charge in [0.15, 0.2) is 0 Å². The molecule has 1 aliphatic heterocycles. The molecule has 0 radical (unpaired) electrons. The van der Waals surface area contributed by atoms with Crippen LogP contribution in [0.15, 0.2) is 34.9 Å². The van der Waals surface area contributed by atoms with Crippen molar-refractivity contribution < 1.29 is 27.3 Å². The molecule has 1 fully saturated rings. The molecule has 1 aromatic carbocycles. The van der Waals surface area contributed by atoms with Crippen LogP contribution in [0.3, 0.4) is 0 Å². The number of hydrogen-bond donors (Lipinski definition) is 1. The Morgan fingerprint density at radius 2 is 2.00 bits per heavy atom. The SMILES string of the molecule is O=C(NCCCc1nc(-c2ccccc2)no1)C1CCCN1C(=O)C(F)(F)F. The van der Waals surface area contributed by atoms with E-state index in [1.54, 1.807) is 0 Å². The highest BCUT2D eigenvalue weighted by atomic mass is 19.4. The van der Waals surface area contributed by atoms with Crippen LogP contribution in [0.2, 0.25) is 0 Å². The van der Waals surface area contributed by atoms with E-state index in [1.165, 1.54) is 0 Å². The average Bonchev–Trinajstić information content (AvgIpc) is 3.34. The van der Waals surface area contributed by atoms with Gasteiger partial charge in [-0.2, -0.15) is 18.2 Å². The number of aromatic nitrogens is 2. The van der Waals surface area contributed by atoms with E-state index in [4.69, 9.17) is 4.52 Å². The van der Waals surface area contributed by atoms with Crippen molar-refractivity contribution in [3.05, 3.63) is 36.2 Å². The monoisotopic (exact) mass is 396 g/mol. The normalized spacial score (nSPS) is 17.0. The predicted molar refractivity (Wildman–Crippen MR) is 91.9 cm³/mol. The first-order chi connectivity index (χ1) is 13.4. The van der Waals surface area contributed by atoms with Gasteiger partial charge < -0.3 is 14.7 Å². The standard InChI is InChI=1S/C18H19F3N4O3/c19-18(20,21)17(27)25-11-5-8-13(25)16(26)22-10-4-9-14-23-15(24-28-14)12-6-2-1-3-7-12/h1-3,6-7,13H,4-5,8-11H2,(H,22,26). The number of alkyl halides is 3. The summed E-state index contributed by atoms with van der Waals surface area (Å²) in [4.78, 5) is 28.4. The molecule has 0 bridgehead atoms. The number of carbonyl (C=O) groups excluding carboxylic acids is 2. The quantitative estimate of drug-likeness (QED) is 0.758. The number of aryl methyl sites for hydroxylation is 1. The van der Waals surface area contributed by atoms with Gasteiger partial charge in [0.1, 0.15) is 6.04 Å². The van der Waals surface area contributed by atoms with Crippen molar-refractivity contribution in [2.45, 2.75) is 37.9 Å². The summed E-state index contributed by atoms with van der Waals surface area (Å²) in [6.07, 6.45) is -3.50. The third-order valence-corrected chi connectivity index (χ3v) is 4.43. The Balaban J connectivity index is 1.46. The molecule has 2 amide bonds. The second-order valence-electron chi connectivity index (χ2n) is 6.43. The van der Waals surface area contributed by atoms with Crippen molar-refractivity contribution in [2.75, 3.05) is 13.1 Å². The number of carbonyl (C=O) groups is 2. The Bertz CT molecular complexity index is 823. The molecule has 1 aliphatic rings. The minimum absolute atomic E-state index is 0.0688. The smallest absolute Gasteiger partial charge is 0.354 e. The Kier molecular flexibility index (Phi) is 5.96. The van der Waals surface area contributed by atoms with Crippen molar-refractivity contribution in [1.82, 2.24) is 20.4 Å². The van der Waals surface area contributed by atoms with Gasteiger partial charge in [0.2, 0.25) is 17.6 Å². The van der Waals surface area contributed by atoms with Crippen molar-refractivity contribution in [2.24, 2.45) is 0 Å². The van der Waals surface area contributed by atoms with E-state index in [2.05, 4.69) is 15.5 Å². The summed E-state index contributed by atoms with van der Waals surface area (Å²) in [5.74, 6) is -1.68. The van der Waals surface area contributed by atoms with Crippen molar-refractivity contribution in [3.63, 3.8) is 0 Å². The highest BCUT2D eigenvalue weighted by Gasteiger charge is 2.47. The fourth-order valence-corrected chi connectivity index (χ4v) is 3.08. The van der Waals surface area contributed by atoms with Crippen LogP contribution in [0.1, 0.15) is 25.2 Å². The molecule has 2 heterocycles. The van der Waals surface area contributed by atoms with Gasteiger partial charge in [-0.3, -0.25) is 9.59 Å². The molecule has 1 aromatic heterocycles. The Morgan fingerprint density at radius 3 is 2.71 bits per heavy atom. The molecular weight excluding hydrogens is 377 g/mol. The number of nitrogens with zero attached hydrogens (tertiary/aromatic N) is 3. The lowest BCUT2D eigenvalue weighted by Crippen LogP contribution is -2.50. The van der Waals surface area contributed by atoms with Gasteiger partial charge in [0, 0.05) is 25.1 Å². The van der Waals surface area contributed by atoms with Gasteiger partial charge in [-0.25, -0.2) is 0 Å². The summed E-state index contributed by atoms with van der Waals surface area (Å²) < 4.78 is 43.0. The molecule has 0 saturated carbocycles. The van der Waals surface area contributed by atoms with E-state index < -0.39 is 24.0 Å². The number of halogens is 3. The van der Waals surface area contributed by atoms with Gasteiger partial charge in [0.05, 0.1) is 0 Å². The molecule has 7 nitrogen and oxygen atoms in total. The Hall–Kier alpha value is -2.91. The number of benzene rings is 1. The fraction of sp³-hybridized carbons (Fsp3) is 0.444. The molecule has 28 heavy (non-hydrogen) atoms. The van der Waals surface area contributed by atoms with Crippen LogP contribution in [0.5, 0.6) is 0 Å². The van der Waals surface area contributed by atoms with E-state index in [1.807, 2.05) is 30.3 Å². The lowest BCUT2D eigenvalue weighted by Gasteiger charge is -2.24. The Morgan fingerprint density at radius 1 is 1.25 bits per heavy atom. The van der Waals surface area contributed by atoms with E-state index in [9.17, 15) is 22.8 Å². The molecule has 0 spiro atoms. The molecule has 0 aliphatic carbocycles. The Labute approximate surface area is 158 Å². The number of nitrogens with one attached hydrogen (secondary N) is 1. The van der Waals surface area contributed by atoms with Gasteiger partial charge in [-0.15, -0.1) is 0 Å². The molecule has 1 saturated heterocycles. The first-order valence-electron chi connectivity index (χ1n) is 8.90. The molecule has 1 unspecified atom stereocenters. The third-order valence-electron chi connectivity index (χ3n) is 4.43. The summed E-state index contributed by atoms with van der Waals surface area (Å²) in [5, 5.41) is 6.47. The first-order valence-corrected chi connectivity index (χ1v) is 8.90. The van der Waals surface area contributed by atoms with E-state index in [0.29, 0.717) is 35.9 Å². The summed E-state index contributed by atoms with van der Waals surface area (Å²) in [5.41, 5.74) is 0.821. The largest absolute Gasteiger partial charge is 0.471 e. The lowest BCUT2D eigenvalue weighted by molar-refractivity contribution is -0.186. The van der Waals surface area contributed by atoms with Crippen LogP contribution < -0.4 is 5.32 Å². The molecule has 1 N–H and O–H groups in total. The van der Waals surface area contributed by atoms with Gasteiger partial charge in [-0.1, -0.05) is 35.5 Å². The minimum atomic E-state index is -4.97. The zero-order chi connectivity index (χ0) is 20.1. The minimum Gasteiger partial charge on any atom is -0.354 e. The van der Waals surface area contributed by atoms with E-state index >= 15 is 0 Å². The third kappa shape index (κ3) is 4.68. The summed E-state index contributed by atoms with van der Waals surface area (Å²) in [6, 6.07) is 8.21. The fourth-order valence-electron chi connectivity index (χ4n) is 3.08. The maximum Gasteiger partial charge on any atom is 0.471 e. The van der Waals surface area contributed by atoms with Crippen LogP contribution in [-0.2, 0) is 16.0 Å². The zero-order valence-electron chi connectivity index (χ0n) is 14.9. The molecule has 10 heteroatoms. The second-order valence-corrected chi connectivity index (χ2v) is 6.43. The van der Waals surface area contributed by atoms with Gasteiger partial charge in [-0.05, 0) is 19.3 Å². The zero-order valence-corrected chi connectivity index (χ0v) is 14.9. The molecule has 2 aromatic rings. The average molecular weight is 396 g/mol. The van der Waals surface area contributed by atoms with Gasteiger partial charge >= 0.3 is 12.1 Å². The van der Waals surface area contributed by atoms with Crippen molar-refractivity contribution >= 4 is 11.8 Å². The summed E-state index contributed by atoms with van der Waals surface area (Å²) in [6.45, 7) is 0.160. The molecule has 150 valence electrons. The van der Waals surface area contributed by atoms with Crippen molar-refractivity contribution in [3.8, 4) is 11.4 Å². The van der Waals surface area contributed by atoms with Gasteiger partial charge in [0.25, 0.3) is 0 Å². The number of rotatable bonds is 6. The van der Waals surface area contributed by atoms with Crippen LogP contribution in [-0.4, -0.2) is 52.2 Å². The first kappa shape index (κ1) is 19.8. The maximum atomic E-state index is 12.6.